The molecule has 1 aromatic carbocycles. The number of sulfonamides is 1. The second kappa shape index (κ2) is 10.2. The summed E-state index contributed by atoms with van der Waals surface area (Å²) >= 11 is 1.38. The lowest BCUT2D eigenvalue weighted by atomic mass is 10.2. The van der Waals surface area contributed by atoms with Gasteiger partial charge in [0.05, 0.1) is 27.8 Å². The van der Waals surface area contributed by atoms with Crippen molar-refractivity contribution in [2.45, 2.75) is 75.7 Å². The van der Waals surface area contributed by atoms with Crippen LogP contribution in [0, 0.1) is 13.8 Å². The van der Waals surface area contributed by atoms with Crippen molar-refractivity contribution in [2.24, 2.45) is 5.14 Å². The molecular weight excluding hydrogens is 472 g/mol. The van der Waals surface area contributed by atoms with Gasteiger partial charge in [-0.1, -0.05) is 25.1 Å². The number of benzene rings is 1. The Hall–Kier alpha value is -2.14. The molecule has 0 amide bonds. The number of rotatable bonds is 10. The van der Waals surface area contributed by atoms with Crippen LogP contribution in [0.15, 0.2) is 34.3 Å². The molecule has 3 heterocycles. The van der Waals surface area contributed by atoms with Crippen LogP contribution in [0.2, 0.25) is 0 Å². The number of thioether (sulfide) groups is 1. The summed E-state index contributed by atoms with van der Waals surface area (Å²) in [6.07, 6.45) is 4.31. The predicted molar refractivity (Wildman–Crippen MR) is 134 cm³/mol. The molecule has 0 aliphatic carbocycles. The normalized spacial score (nSPS) is 16.5. The third-order valence-electron chi connectivity index (χ3n) is 6.37. The highest BCUT2D eigenvalue weighted by Crippen LogP contribution is 2.28. The number of ether oxygens (including phenoxy) is 1. The number of unbranched alkanes of at least 4 members (excludes halogenated alkanes) is 1. The van der Waals surface area contributed by atoms with Crippen LogP contribution < -0.4 is 5.14 Å². The monoisotopic (exact) mass is 504 g/mol. The first-order chi connectivity index (χ1) is 16.2. The molecule has 3 aromatic rings. The molecule has 1 aliphatic heterocycles. The molecule has 2 N–H and O–H groups in total. The van der Waals surface area contributed by atoms with Gasteiger partial charge in [0.1, 0.15) is 0 Å². The van der Waals surface area contributed by atoms with Crippen LogP contribution in [0.3, 0.4) is 0 Å². The van der Waals surface area contributed by atoms with Crippen molar-refractivity contribution in [3.63, 3.8) is 0 Å². The Bertz CT molecular complexity index is 1300. The quantitative estimate of drug-likeness (QED) is 0.329. The molecule has 8 nitrogen and oxygen atoms in total. The van der Waals surface area contributed by atoms with E-state index < -0.39 is 10.0 Å². The van der Waals surface area contributed by atoms with E-state index in [0.29, 0.717) is 10.7 Å². The van der Waals surface area contributed by atoms with E-state index in [2.05, 4.69) is 21.0 Å². The number of aryl methyl sites for hydroxylation is 2. The molecule has 1 saturated heterocycles. The Morgan fingerprint density at radius 1 is 1.26 bits per heavy atom. The predicted octanol–water partition coefficient (Wildman–Crippen LogP) is 4.06. The zero-order valence-corrected chi connectivity index (χ0v) is 21.5. The van der Waals surface area contributed by atoms with Gasteiger partial charge in [-0.15, -0.1) is 0 Å². The van der Waals surface area contributed by atoms with E-state index in [0.717, 1.165) is 67.8 Å². The van der Waals surface area contributed by atoms with E-state index in [1.165, 1.54) is 23.9 Å². The SMILES string of the molecule is CCCCn1c(SCC(=O)c2cc(C)n(C[C@H]3CCCO3)c2C)nc2cc(S(N)(=O)=O)ccc21. The summed E-state index contributed by atoms with van der Waals surface area (Å²) in [7, 11) is -3.81. The number of primary sulfonamides is 1. The first-order valence-electron chi connectivity index (χ1n) is 11.7. The van der Waals surface area contributed by atoms with Crippen molar-refractivity contribution < 1.29 is 17.9 Å². The second-order valence-corrected chi connectivity index (χ2v) is 11.3. The zero-order valence-electron chi connectivity index (χ0n) is 19.9. The fraction of sp³-hybridized carbons (Fsp3) is 0.500. The summed E-state index contributed by atoms with van der Waals surface area (Å²) in [5.41, 5.74) is 4.16. The molecule has 1 fully saturated rings. The lowest BCUT2D eigenvalue weighted by Gasteiger charge is -2.14. The van der Waals surface area contributed by atoms with Gasteiger partial charge < -0.3 is 13.9 Å². The average molecular weight is 505 g/mol. The van der Waals surface area contributed by atoms with Crippen LogP contribution in [0.4, 0.5) is 0 Å². The maximum atomic E-state index is 13.2. The number of aromatic nitrogens is 3. The summed E-state index contributed by atoms with van der Waals surface area (Å²) < 4.78 is 33.6. The van der Waals surface area contributed by atoms with Gasteiger partial charge in [0, 0.05) is 36.6 Å². The van der Waals surface area contributed by atoms with Crippen LogP contribution in [0.25, 0.3) is 11.0 Å². The first-order valence-corrected chi connectivity index (χ1v) is 14.2. The Morgan fingerprint density at radius 2 is 2.06 bits per heavy atom. The van der Waals surface area contributed by atoms with E-state index in [9.17, 15) is 13.2 Å². The highest BCUT2D eigenvalue weighted by Gasteiger charge is 2.22. The molecule has 10 heteroatoms. The molecule has 4 rings (SSSR count). The van der Waals surface area contributed by atoms with Crippen LogP contribution in [0.1, 0.15) is 54.4 Å². The fourth-order valence-corrected chi connectivity index (χ4v) is 5.93. The molecule has 0 bridgehead atoms. The van der Waals surface area contributed by atoms with E-state index in [1.807, 2.05) is 19.9 Å². The van der Waals surface area contributed by atoms with Gasteiger partial charge in [0.2, 0.25) is 10.0 Å². The number of carbonyl (C=O) groups excluding carboxylic acids is 1. The van der Waals surface area contributed by atoms with Crippen molar-refractivity contribution in [2.75, 3.05) is 12.4 Å². The van der Waals surface area contributed by atoms with Gasteiger partial charge in [-0.3, -0.25) is 4.79 Å². The number of nitrogens with two attached hydrogens (primary N) is 1. The van der Waals surface area contributed by atoms with Gasteiger partial charge in [0.25, 0.3) is 0 Å². The van der Waals surface area contributed by atoms with Gasteiger partial charge in [-0.05, 0) is 57.4 Å². The standard InChI is InChI=1S/C24H32N4O4S2/c1-4-5-10-27-22-9-8-19(34(25,30)31)13-21(22)26-24(27)33-15-23(29)20-12-16(2)28(17(20)3)14-18-7-6-11-32-18/h8-9,12-13,18H,4-7,10-11,14-15H2,1-3H3,(H2,25,30,31)/t18-/m1/s1. The minimum absolute atomic E-state index is 0.0337. The number of nitrogens with zero attached hydrogens (tertiary/aromatic N) is 3. The van der Waals surface area contributed by atoms with Crippen molar-refractivity contribution in [1.29, 1.82) is 0 Å². The molecule has 0 spiro atoms. The maximum Gasteiger partial charge on any atom is 0.238 e. The third-order valence-corrected chi connectivity index (χ3v) is 8.25. The minimum atomic E-state index is -3.81. The molecule has 2 aromatic heterocycles. The highest BCUT2D eigenvalue weighted by atomic mass is 32.2. The van der Waals surface area contributed by atoms with Crippen molar-refractivity contribution in [3.8, 4) is 0 Å². The maximum absolute atomic E-state index is 13.2. The lowest BCUT2D eigenvalue weighted by molar-refractivity contribution is 0.0957. The average Bonchev–Trinajstić information content (AvgIpc) is 3.49. The number of ketones is 1. The molecule has 0 saturated carbocycles. The molecule has 1 atom stereocenters. The fourth-order valence-electron chi connectivity index (χ4n) is 4.47. The van der Waals surface area contributed by atoms with E-state index in [-0.39, 0.29) is 22.5 Å². The summed E-state index contributed by atoms with van der Waals surface area (Å²) in [4.78, 5) is 17.9. The Labute approximate surface area is 204 Å². The summed E-state index contributed by atoms with van der Waals surface area (Å²) in [5.74, 6) is 0.304. The van der Waals surface area contributed by atoms with Crippen LogP contribution in [-0.2, 0) is 27.8 Å². The lowest BCUT2D eigenvalue weighted by Crippen LogP contribution is -2.17. The summed E-state index contributed by atoms with van der Waals surface area (Å²) in [6, 6.07) is 6.70. The molecule has 0 radical (unpaired) electrons. The largest absolute Gasteiger partial charge is 0.376 e. The Kier molecular flexibility index (Phi) is 7.51. The topological polar surface area (TPSA) is 109 Å². The first kappa shape index (κ1) is 25.0. The minimum Gasteiger partial charge on any atom is -0.376 e. The van der Waals surface area contributed by atoms with Gasteiger partial charge >= 0.3 is 0 Å². The number of imidazole rings is 1. The third kappa shape index (κ3) is 5.25. The van der Waals surface area contributed by atoms with Crippen LogP contribution >= 0.6 is 11.8 Å². The second-order valence-electron chi connectivity index (χ2n) is 8.84. The number of carbonyl (C=O) groups is 1. The molecule has 184 valence electrons. The van der Waals surface area contributed by atoms with Crippen LogP contribution in [0.5, 0.6) is 0 Å². The molecule has 0 unspecified atom stereocenters. The Balaban J connectivity index is 1.56. The van der Waals surface area contributed by atoms with Crippen LogP contribution in [-0.4, -0.2) is 46.8 Å². The number of fused-ring (bicyclic) bond motifs is 1. The summed E-state index contributed by atoms with van der Waals surface area (Å²) in [6.45, 7) is 8.46. The van der Waals surface area contributed by atoms with Gasteiger partial charge in [0.15, 0.2) is 10.9 Å². The van der Waals surface area contributed by atoms with Crippen molar-refractivity contribution >= 4 is 38.6 Å². The van der Waals surface area contributed by atoms with Gasteiger partial charge in [-0.2, -0.15) is 0 Å². The zero-order chi connectivity index (χ0) is 24.5. The highest BCUT2D eigenvalue weighted by molar-refractivity contribution is 7.99. The molecular formula is C24H32N4O4S2. The number of hydrogen-bond acceptors (Lipinski definition) is 6. The van der Waals surface area contributed by atoms with E-state index in [1.54, 1.807) is 6.07 Å². The number of Topliss-reactive ketones (excluding diaryl/α,β-unsaturated/α-hetero) is 1. The van der Waals surface area contributed by atoms with E-state index in [4.69, 9.17) is 9.88 Å². The Morgan fingerprint density at radius 3 is 2.74 bits per heavy atom. The van der Waals surface area contributed by atoms with Gasteiger partial charge in [-0.25, -0.2) is 18.5 Å². The molecule has 1 aliphatic rings. The molecule has 34 heavy (non-hydrogen) atoms. The van der Waals surface area contributed by atoms with E-state index >= 15 is 0 Å². The van der Waals surface area contributed by atoms with Crippen molar-refractivity contribution in [1.82, 2.24) is 14.1 Å². The smallest absolute Gasteiger partial charge is 0.238 e. The van der Waals surface area contributed by atoms with Crippen molar-refractivity contribution in [3.05, 3.63) is 41.2 Å². The number of hydrogen-bond donors (Lipinski definition) is 1. The summed E-state index contributed by atoms with van der Waals surface area (Å²) in [5, 5.41) is 6.00.